The Hall–Kier alpha value is -1.55. The second kappa shape index (κ2) is 6.06. The van der Waals surface area contributed by atoms with Gasteiger partial charge in [-0.25, -0.2) is 0 Å². The van der Waals surface area contributed by atoms with E-state index in [4.69, 9.17) is 16.3 Å². The molecule has 0 radical (unpaired) electrons. The molecule has 0 saturated heterocycles. The molecular weight excluding hydrogens is 268 g/mol. The lowest BCUT2D eigenvalue weighted by atomic mass is 9.96. The minimum absolute atomic E-state index is 0.200. The standard InChI is InChI=1S/C14H17ClO4/c1-14(2,3)19-12(16)8-11(13(17)18)9-4-6-10(15)7-5-9/h4-7,11H,8H2,1-3H3,(H,17,18)/t11-/m0/s1. The van der Waals surface area contributed by atoms with Gasteiger partial charge < -0.3 is 9.84 Å². The van der Waals surface area contributed by atoms with Gasteiger partial charge in [0.1, 0.15) is 5.60 Å². The maximum Gasteiger partial charge on any atom is 0.311 e. The summed E-state index contributed by atoms with van der Waals surface area (Å²) < 4.78 is 5.14. The molecule has 0 fully saturated rings. The van der Waals surface area contributed by atoms with Crippen molar-refractivity contribution in [1.29, 1.82) is 0 Å². The Morgan fingerprint density at radius 1 is 1.26 bits per heavy atom. The largest absolute Gasteiger partial charge is 0.481 e. The highest BCUT2D eigenvalue weighted by molar-refractivity contribution is 6.30. The molecule has 0 aliphatic rings. The Morgan fingerprint density at radius 3 is 2.21 bits per heavy atom. The molecule has 1 rings (SSSR count). The first kappa shape index (κ1) is 15.5. The number of esters is 1. The number of hydrogen-bond acceptors (Lipinski definition) is 3. The van der Waals surface area contributed by atoms with Crippen LogP contribution in [0.3, 0.4) is 0 Å². The Bertz CT molecular complexity index is 459. The minimum atomic E-state index is -1.06. The summed E-state index contributed by atoms with van der Waals surface area (Å²) in [5.74, 6) is -2.52. The zero-order valence-electron chi connectivity index (χ0n) is 11.1. The Kier molecular flexibility index (Phi) is 4.95. The highest BCUT2D eigenvalue weighted by Crippen LogP contribution is 2.23. The Labute approximate surface area is 117 Å². The number of benzene rings is 1. The highest BCUT2D eigenvalue weighted by atomic mass is 35.5. The normalized spacial score (nSPS) is 12.8. The van der Waals surface area contributed by atoms with Gasteiger partial charge in [0.25, 0.3) is 0 Å². The van der Waals surface area contributed by atoms with Crippen molar-refractivity contribution in [3.05, 3.63) is 34.9 Å². The van der Waals surface area contributed by atoms with Gasteiger partial charge in [0.05, 0.1) is 12.3 Å². The smallest absolute Gasteiger partial charge is 0.311 e. The Balaban J connectivity index is 2.82. The molecule has 19 heavy (non-hydrogen) atoms. The van der Waals surface area contributed by atoms with E-state index in [2.05, 4.69) is 0 Å². The molecule has 0 heterocycles. The van der Waals surface area contributed by atoms with Gasteiger partial charge in [-0.1, -0.05) is 23.7 Å². The fourth-order valence-corrected chi connectivity index (χ4v) is 1.72. The van der Waals surface area contributed by atoms with Crippen LogP contribution in [0.4, 0.5) is 0 Å². The summed E-state index contributed by atoms with van der Waals surface area (Å²) in [7, 11) is 0. The van der Waals surface area contributed by atoms with Crippen LogP contribution >= 0.6 is 11.6 Å². The van der Waals surface area contributed by atoms with Crippen LogP contribution in [0.15, 0.2) is 24.3 Å². The lowest BCUT2D eigenvalue weighted by molar-refractivity contribution is -0.158. The molecule has 0 bridgehead atoms. The van der Waals surface area contributed by atoms with Gasteiger partial charge in [0.15, 0.2) is 0 Å². The number of rotatable bonds is 4. The van der Waals surface area contributed by atoms with Crippen molar-refractivity contribution in [2.75, 3.05) is 0 Å². The first-order valence-corrected chi connectivity index (χ1v) is 6.27. The topological polar surface area (TPSA) is 63.6 Å². The molecular formula is C14H17ClO4. The molecule has 1 aromatic rings. The zero-order chi connectivity index (χ0) is 14.6. The third-order valence-electron chi connectivity index (χ3n) is 2.36. The van der Waals surface area contributed by atoms with E-state index in [9.17, 15) is 14.7 Å². The third-order valence-corrected chi connectivity index (χ3v) is 2.61. The van der Waals surface area contributed by atoms with Gasteiger partial charge >= 0.3 is 11.9 Å². The molecule has 4 nitrogen and oxygen atoms in total. The van der Waals surface area contributed by atoms with Gasteiger partial charge in [0.2, 0.25) is 0 Å². The summed E-state index contributed by atoms with van der Waals surface area (Å²) in [6.07, 6.45) is -0.200. The van der Waals surface area contributed by atoms with Gasteiger partial charge in [-0.3, -0.25) is 9.59 Å². The highest BCUT2D eigenvalue weighted by Gasteiger charge is 2.26. The monoisotopic (exact) mass is 284 g/mol. The van der Waals surface area contributed by atoms with E-state index in [0.29, 0.717) is 10.6 Å². The number of carbonyl (C=O) groups excluding carboxylic acids is 1. The zero-order valence-corrected chi connectivity index (χ0v) is 11.9. The van der Waals surface area contributed by atoms with Crippen molar-refractivity contribution in [3.63, 3.8) is 0 Å². The number of hydrogen-bond donors (Lipinski definition) is 1. The van der Waals surface area contributed by atoms with Crippen LogP contribution in [-0.2, 0) is 14.3 Å². The van der Waals surface area contributed by atoms with E-state index in [1.807, 2.05) is 0 Å². The maximum atomic E-state index is 11.7. The third kappa shape index (κ3) is 5.30. The predicted molar refractivity (Wildman–Crippen MR) is 72.3 cm³/mol. The number of ether oxygens (including phenoxy) is 1. The van der Waals surface area contributed by atoms with Crippen molar-refractivity contribution in [2.24, 2.45) is 0 Å². The minimum Gasteiger partial charge on any atom is -0.481 e. The van der Waals surface area contributed by atoms with Crippen molar-refractivity contribution in [1.82, 2.24) is 0 Å². The predicted octanol–water partition coefficient (Wildman–Crippen LogP) is 3.24. The molecule has 0 aromatic heterocycles. The van der Waals surface area contributed by atoms with Gasteiger partial charge in [0, 0.05) is 5.02 Å². The maximum absolute atomic E-state index is 11.7. The van der Waals surface area contributed by atoms with Crippen LogP contribution in [0, 0.1) is 0 Å². The molecule has 104 valence electrons. The van der Waals surface area contributed by atoms with Crippen molar-refractivity contribution < 1.29 is 19.4 Å². The molecule has 0 aliphatic carbocycles. The Morgan fingerprint density at radius 2 is 1.79 bits per heavy atom. The lowest BCUT2D eigenvalue weighted by Gasteiger charge is -2.21. The van der Waals surface area contributed by atoms with Gasteiger partial charge in [-0.15, -0.1) is 0 Å². The van der Waals surface area contributed by atoms with E-state index < -0.39 is 23.5 Å². The number of halogens is 1. The molecule has 0 spiro atoms. The average Bonchev–Trinajstić information content (AvgIpc) is 2.24. The molecule has 0 amide bonds. The summed E-state index contributed by atoms with van der Waals surface area (Å²) >= 11 is 5.75. The van der Waals surface area contributed by atoms with Gasteiger partial charge in [-0.05, 0) is 38.5 Å². The average molecular weight is 285 g/mol. The van der Waals surface area contributed by atoms with E-state index in [1.165, 1.54) is 0 Å². The summed E-state index contributed by atoms with van der Waals surface area (Å²) in [5.41, 5.74) is -0.0945. The molecule has 1 N–H and O–H groups in total. The van der Waals surface area contributed by atoms with Crippen LogP contribution in [0.1, 0.15) is 38.7 Å². The molecule has 0 aliphatic heterocycles. The lowest BCUT2D eigenvalue weighted by Crippen LogP contribution is -2.26. The van der Waals surface area contributed by atoms with Crippen LogP contribution in [0.2, 0.25) is 5.02 Å². The number of carboxylic acids is 1. The first-order valence-electron chi connectivity index (χ1n) is 5.89. The summed E-state index contributed by atoms with van der Waals surface area (Å²) in [6.45, 7) is 5.22. The van der Waals surface area contributed by atoms with Crippen LogP contribution in [0.25, 0.3) is 0 Å². The van der Waals surface area contributed by atoms with Crippen LogP contribution in [0.5, 0.6) is 0 Å². The fraction of sp³-hybridized carbons (Fsp3) is 0.429. The molecule has 0 unspecified atom stereocenters. The summed E-state index contributed by atoms with van der Waals surface area (Å²) in [5, 5.41) is 9.72. The fourth-order valence-electron chi connectivity index (χ4n) is 1.59. The molecule has 0 saturated carbocycles. The van der Waals surface area contributed by atoms with E-state index in [0.717, 1.165) is 0 Å². The van der Waals surface area contributed by atoms with Crippen molar-refractivity contribution in [2.45, 2.75) is 38.7 Å². The molecule has 5 heteroatoms. The van der Waals surface area contributed by atoms with Crippen LogP contribution < -0.4 is 0 Å². The van der Waals surface area contributed by atoms with Crippen molar-refractivity contribution in [3.8, 4) is 0 Å². The van der Waals surface area contributed by atoms with Crippen molar-refractivity contribution >= 4 is 23.5 Å². The van der Waals surface area contributed by atoms with E-state index >= 15 is 0 Å². The molecule has 1 aromatic carbocycles. The second-order valence-corrected chi connectivity index (χ2v) is 5.67. The van der Waals surface area contributed by atoms with Crippen LogP contribution in [-0.4, -0.2) is 22.6 Å². The first-order chi connectivity index (χ1) is 8.69. The van der Waals surface area contributed by atoms with E-state index in [-0.39, 0.29) is 6.42 Å². The second-order valence-electron chi connectivity index (χ2n) is 5.23. The van der Waals surface area contributed by atoms with E-state index in [1.54, 1.807) is 45.0 Å². The van der Waals surface area contributed by atoms with Gasteiger partial charge in [-0.2, -0.15) is 0 Å². The SMILES string of the molecule is CC(C)(C)OC(=O)C[C@H](C(=O)O)c1ccc(Cl)cc1. The number of carboxylic acid groups (broad SMARTS) is 1. The molecule has 1 atom stereocenters. The summed E-state index contributed by atoms with van der Waals surface area (Å²) in [4.78, 5) is 22.9. The number of carbonyl (C=O) groups is 2. The number of aliphatic carboxylic acids is 1. The summed E-state index contributed by atoms with van der Waals surface area (Å²) in [6, 6.07) is 6.40. The quantitative estimate of drug-likeness (QED) is 0.862.